The Balaban J connectivity index is 3.05. The van der Waals surface area contributed by atoms with Gasteiger partial charge in [-0.1, -0.05) is 13.0 Å². The van der Waals surface area contributed by atoms with Crippen LogP contribution in [-0.2, 0) is 15.8 Å². The smallest absolute Gasteiger partial charge is 0.218 e. The number of nitrogens with zero attached hydrogens (tertiary/aromatic N) is 1. The Kier molecular flexibility index (Phi) is 5.23. The van der Waals surface area contributed by atoms with Crippen LogP contribution in [0.25, 0.3) is 0 Å². The van der Waals surface area contributed by atoms with Crippen LogP contribution in [0.15, 0.2) is 18.2 Å². The number of rotatable bonds is 6. The summed E-state index contributed by atoms with van der Waals surface area (Å²) in [6.07, 6.45) is 0. The average molecular weight is 307 g/mol. The largest absolute Gasteiger partial charge is 0.389 e. The maximum atomic E-state index is 13.5. The number of hydrogen-bond acceptors (Lipinski definition) is 3. The minimum absolute atomic E-state index is 0.113. The average Bonchev–Trinajstić information content (AvgIpc) is 2.30. The molecule has 1 rings (SSSR count). The lowest BCUT2D eigenvalue weighted by atomic mass is 10.1. The number of likely N-dealkylation sites (N-methyl/N-ethyl adjacent to an activating group) is 1. The zero-order chi connectivity index (χ0) is 15.6. The first-order valence-corrected chi connectivity index (χ1v) is 7.81. The highest BCUT2D eigenvalue weighted by molar-refractivity contribution is 7.88. The van der Waals surface area contributed by atoms with Crippen molar-refractivity contribution in [2.45, 2.75) is 32.1 Å². The van der Waals surface area contributed by atoms with Crippen molar-refractivity contribution in [1.29, 1.82) is 0 Å². The minimum Gasteiger partial charge on any atom is -0.389 e. The summed E-state index contributed by atoms with van der Waals surface area (Å²) in [4.78, 5) is 0. The minimum atomic E-state index is -3.91. The first-order valence-electron chi connectivity index (χ1n) is 6.20. The van der Waals surface area contributed by atoms with Crippen LogP contribution in [-0.4, -0.2) is 36.5 Å². The van der Waals surface area contributed by atoms with Crippen molar-refractivity contribution in [2.24, 2.45) is 0 Å². The molecule has 0 aromatic heterocycles. The zero-order valence-corrected chi connectivity index (χ0v) is 12.5. The Bertz CT molecular complexity index is 547. The van der Waals surface area contributed by atoms with Crippen LogP contribution < -0.4 is 0 Å². The molecule has 4 nitrogen and oxygen atoms in total. The molecule has 0 aliphatic rings. The van der Waals surface area contributed by atoms with Crippen molar-refractivity contribution in [3.63, 3.8) is 0 Å². The van der Waals surface area contributed by atoms with E-state index in [1.807, 2.05) is 0 Å². The van der Waals surface area contributed by atoms with E-state index in [9.17, 15) is 22.3 Å². The molecule has 0 unspecified atom stereocenters. The quantitative estimate of drug-likeness (QED) is 0.873. The lowest BCUT2D eigenvalue weighted by molar-refractivity contribution is 0.0601. The molecule has 114 valence electrons. The maximum Gasteiger partial charge on any atom is 0.218 e. The molecule has 1 aromatic rings. The Morgan fingerprint density at radius 3 is 2.15 bits per heavy atom. The topological polar surface area (TPSA) is 57.6 Å². The number of benzene rings is 1. The molecule has 0 aliphatic heterocycles. The molecule has 0 bridgehead atoms. The van der Waals surface area contributed by atoms with Crippen LogP contribution in [0.4, 0.5) is 8.78 Å². The number of halogens is 2. The summed E-state index contributed by atoms with van der Waals surface area (Å²) >= 11 is 0. The Morgan fingerprint density at radius 1 is 1.25 bits per heavy atom. The fourth-order valence-corrected chi connectivity index (χ4v) is 3.51. The van der Waals surface area contributed by atoms with Gasteiger partial charge in [-0.2, -0.15) is 4.31 Å². The third-order valence-corrected chi connectivity index (χ3v) is 4.53. The van der Waals surface area contributed by atoms with E-state index >= 15 is 0 Å². The van der Waals surface area contributed by atoms with Crippen LogP contribution in [0.1, 0.15) is 26.3 Å². The maximum absolute atomic E-state index is 13.5. The molecule has 1 aromatic carbocycles. The predicted octanol–water partition coefficient (Wildman–Crippen LogP) is 1.89. The highest BCUT2D eigenvalue weighted by Gasteiger charge is 2.28. The molecule has 0 amide bonds. The SMILES string of the molecule is CCN(CC(C)(C)O)S(=O)(=O)Cc1c(F)cccc1F. The van der Waals surface area contributed by atoms with Gasteiger partial charge in [0.05, 0.1) is 11.4 Å². The molecule has 0 spiro atoms. The van der Waals surface area contributed by atoms with Crippen molar-refractivity contribution < 1.29 is 22.3 Å². The van der Waals surface area contributed by atoms with Gasteiger partial charge in [0, 0.05) is 18.7 Å². The predicted molar refractivity (Wildman–Crippen MR) is 72.5 cm³/mol. The van der Waals surface area contributed by atoms with Crippen molar-refractivity contribution in [1.82, 2.24) is 4.31 Å². The molecule has 0 aliphatic carbocycles. The molecule has 1 N–H and O–H groups in total. The van der Waals surface area contributed by atoms with Crippen molar-refractivity contribution >= 4 is 10.0 Å². The summed E-state index contributed by atoms with van der Waals surface area (Å²) in [5.74, 6) is -2.56. The third kappa shape index (κ3) is 4.50. The number of sulfonamides is 1. The van der Waals surface area contributed by atoms with Gasteiger partial charge in [0.15, 0.2) is 0 Å². The summed E-state index contributed by atoms with van der Waals surface area (Å²) in [5, 5.41) is 9.70. The van der Waals surface area contributed by atoms with E-state index in [0.29, 0.717) is 0 Å². The van der Waals surface area contributed by atoms with E-state index in [1.165, 1.54) is 19.9 Å². The van der Waals surface area contributed by atoms with Crippen LogP contribution >= 0.6 is 0 Å². The fraction of sp³-hybridized carbons (Fsp3) is 0.538. The summed E-state index contributed by atoms with van der Waals surface area (Å²) < 4.78 is 52.4. The zero-order valence-electron chi connectivity index (χ0n) is 11.7. The highest BCUT2D eigenvalue weighted by Crippen LogP contribution is 2.19. The van der Waals surface area contributed by atoms with E-state index in [1.54, 1.807) is 6.92 Å². The molecule has 0 fully saturated rings. The molecule has 0 radical (unpaired) electrons. The summed E-state index contributed by atoms with van der Waals surface area (Å²) in [7, 11) is -3.91. The molecule has 7 heteroatoms. The monoisotopic (exact) mass is 307 g/mol. The number of aliphatic hydroxyl groups is 1. The van der Waals surface area contributed by atoms with Crippen molar-refractivity contribution in [3.8, 4) is 0 Å². The standard InChI is InChI=1S/C13H19F2NO3S/c1-4-16(9-13(2,3)17)20(18,19)8-10-11(14)6-5-7-12(10)15/h5-7,17H,4,8-9H2,1-3H3. The fourth-order valence-electron chi connectivity index (χ4n) is 1.78. The van der Waals surface area contributed by atoms with E-state index in [2.05, 4.69) is 0 Å². The summed E-state index contributed by atoms with van der Waals surface area (Å²) in [6.45, 7) is 4.51. The van der Waals surface area contributed by atoms with E-state index in [0.717, 1.165) is 16.4 Å². The Morgan fingerprint density at radius 2 is 1.75 bits per heavy atom. The molecule has 0 saturated carbocycles. The lowest BCUT2D eigenvalue weighted by Gasteiger charge is -2.27. The van der Waals surface area contributed by atoms with E-state index < -0.39 is 38.6 Å². The van der Waals surface area contributed by atoms with Gasteiger partial charge in [0.1, 0.15) is 11.6 Å². The van der Waals surface area contributed by atoms with Gasteiger partial charge in [-0.25, -0.2) is 17.2 Å². The number of hydrogen-bond donors (Lipinski definition) is 1. The summed E-state index contributed by atoms with van der Waals surface area (Å²) in [6, 6.07) is 3.20. The molecule has 0 atom stereocenters. The molecular weight excluding hydrogens is 288 g/mol. The highest BCUT2D eigenvalue weighted by atomic mass is 32.2. The van der Waals surface area contributed by atoms with Crippen molar-refractivity contribution in [3.05, 3.63) is 35.4 Å². The normalized spacial score (nSPS) is 12.9. The first kappa shape index (κ1) is 17.0. The van der Waals surface area contributed by atoms with Crippen LogP contribution in [0, 0.1) is 11.6 Å². The Labute approximate surface area is 118 Å². The second kappa shape index (κ2) is 6.15. The van der Waals surface area contributed by atoms with Gasteiger partial charge in [-0.05, 0) is 26.0 Å². The van der Waals surface area contributed by atoms with Crippen LogP contribution in [0.2, 0.25) is 0 Å². The van der Waals surface area contributed by atoms with Crippen LogP contribution in [0.5, 0.6) is 0 Å². The van der Waals surface area contributed by atoms with Gasteiger partial charge in [0.25, 0.3) is 0 Å². The third-order valence-electron chi connectivity index (χ3n) is 2.70. The lowest BCUT2D eigenvalue weighted by Crippen LogP contribution is -2.42. The molecule has 0 saturated heterocycles. The van der Waals surface area contributed by atoms with Gasteiger partial charge in [0.2, 0.25) is 10.0 Å². The summed E-state index contributed by atoms with van der Waals surface area (Å²) in [5.41, 5.74) is -1.71. The van der Waals surface area contributed by atoms with E-state index in [4.69, 9.17) is 0 Å². The molecule has 0 heterocycles. The van der Waals surface area contributed by atoms with Gasteiger partial charge in [-0.3, -0.25) is 0 Å². The van der Waals surface area contributed by atoms with Crippen molar-refractivity contribution in [2.75, 3.05) is 13.1 Å². The van der Waals surface area contributed by atoms with Gasteiger partial charge in [-0.15, -0.1) is 0 Å². The van der Waals surface area contributed by atoms with Crippen LogP contribution in [0.3, 0.4) is 0 Å². The van der Waals surface area contributed by atoms with Gasteiger partial charge < -0.3 is 5.11 Å². The second-order valence-corrected chi connectivity index (χ2v) is 7.16. The Hall–Kier alpha value is -1.05. The second-order valence-electron chi connectivity index (χ2n) is 5.20. The van der Waals surface area contributed by atoms with Gasteiger partial charge >= 0.3 is 0 Å². The van der Waals surface area contributed by atoms with E-state index in [-0.39, 0.29) is 13.1 Å². The molecule has 20 heavy (non-hydrogen) atoms. The first-order chi connectivity index (χ1) is 9.07. The molecular formula is C13H19F2NO3S.